The third-order valence-electron chi connectivity index (χ3n) is 4.48. The first-order chi connectivity index (χ1) is 13.4. The lowest BCUT2D eigenvalue weighted by Crippen LogP contribution is -3.06. The van der Waals surface area contributed by atoms with Crippen molar-refractivity contribution in [3.63, 3.8) is 0 Å². The van der Waals surface area contributed by atoms with E-state index in [2.05, 4.69) is 14.1 Å². The van der Waals surface area contributed by atoms with E-state index in [9.17, 15) is 4.79 Å². The van der Waals surface area contributed by atoms with Gasteiger partial charge in [-0.05, 0) is 31.2 Å². The molecule has 1 aromatic heterocycles. The van der Waals surface area contributed by atoms with Gasteiger partial charge in [-0.15, -0.1) is 0 Å². The Morgan fingerprint density at radius 1 is 1.14 bits per heavy atom. The van der Waals surface area contributed by atoms with E-state index in [1.54, 1.807) is 19.1 Å². The number of aryl methyl sites for hydroxylation is 1. The Hall–Kier alpha value is -2.64. The molecule has 0 radical (unpaired) electrons. The van der Waals surface area contributed by atoms with Gasteiger partial charge in [-0.25, -0.2) is 4.98 Å². The van der Waals surface area contributed by atoms with Crippen molar-refractivity contribution >= 4 is 32.6 Å². The summed E-state index contributed by atoms with van der Waals surface area (Å²) in [4.78, 5) is 21.1. The van der Waals surface area contributed by atoms with Gasteiger partial charge in [0, 0.05) is 5.56 Å². The minimum Gasteiger partial charge on any atom is -0.495 e. The van der Waals surface area contributed by atoms with Crippen LogP contribution in [0.25, 0.3) is 10.2 Å². The van der Waals surface area contributed by atoms with E-state index < -0.39 is 0 Å². The molecule has 0 unspecified atom stereocenters. The number of fused-ring (bicyclic) bond motifs is 1. The lowest BCUT2D eigenvalue weighted by atomic mass is 10.1. The summed E-state index contributed by atoms with van der Waals surface area (Å²) >= 11 is 1.44. The van der Waals surface area contributed by atoms with E-state index in [0.29, 0.717) is 28.5 Å². The van der Waals surface area contributed by atoms with Crippen molar-refractivity contribution in [1.82, 2.24) is 4.98 Å². The first-order valence-electron chi connectivity index (χ1n) is 9.13. The quantitative estimate of drug-likeness (QED) is 0.662. The summed E-state index contributed by atoms with van der Waals surface area (Å²) in [5, 5.41) is 0.644. The number of methoxy groups -OCH3 is 2. The number of aromatic nitrogens is 1. The van der Waals surface area contributed by atoms with Gasteiger partial charge in [0.05, 0.1) is 41.4 Å². The third kappa shape index (κ3) is 4.10. The molecular weight excluding hydrogens is 374 g/mol. The number of rotatable bonds is 7. The number of hydrogen-bond acceptors (Lipinski definition) is 5. The predicted molar refractivity (Wildman–Crippen MR) is 113 cm³/mol. The van der Waals surface area contributed by atoms with E-state index in [1.807, 2.05) is 43.3 Å². The Bertz CT molecular complexity index is 943. The highest BCUT2D eigenvalue weighted by atomic mass is 32.1. The Balaban J connectivity index is 2.08. The molecule has 0 saturated heterocycles. The van der Waals surface area contributed by atoms with Gasteiger partial charge < -0.3 is 14.4 Å². The molecule has 0 bridgehead atoms. The number of carbonyl (C=O) groups excluding carboxylic acids is 1. The molecule has 2 aromatic carbocycles. The molecule has 7 heteroatoms. The number of ether oxygens (including phenoxy) is 2. The van der Waals surface area contributed by atoms with E-state index >= 15 is 0 Å². The van der Waals surface area contributed by atoms with E-state index in [-0.39, 0.29) is 5.91 Å². The molecule has 1 heterocycles. The standard InChI is InChI=1S/C21H25N3O3S/c1-14-7-6-8-15(13-14)20(25)24(12-11-23(2)3)21-22-18-16(26-4)9-10-17(27-5)19(18)28-21/h6-10,13H,11-12H2,1-5H3/p+1. The highest BCUT2D eigenvalue weighted by Gasteiger charge is 2.24. The first kappa shape index (κ1) is 20.1. The fourth-order valence-electron chi connectivity index (χ4n) is 2.94. The van der Waals surface area contributed by atoms with Crippen molar-refractivity contribution in [3.8, 4) is 11.5 Å². The fraction of sp³-hybridized carbons (Fsp3) is 0.333. The molecule has 0 atom stereocenters. The number of quaternary nitrogens is 1. The molecule has 148 valence electrons. The van der Waals surface area contributed by atoms with E-state index in [1.165, 1.54) is 16.2 Å². The van der Waals surface area contributed by atoms with Crippen LogP contribution in [-0.4, -0.2) is 52.3 Å². The highest BCUT2D eigenvalue weighted by molar-refractivity contribution is 7.22. The SMILES string of the molecule is COc1ccc(OC)c2sc(N(CC[NH+](C)C)C(=O)c3cccc(C)c3)nc12. The molecule has 6 nitrogen and oxygen atoms in total. The molecule has 0 aliphatic rings. The molecule has 1 N–H and O–H groups in total. The number of nitrogens with one attached hydrogen (secondary N) is 1. The zero-order chi connectivity index (χ0) is 20.3. The molecule has 0 saturated carbocycles. The average molecular weight is 401 g/mol. The lowest BCUT2D eigenvalue weighted by molar-refractivity contribution is -0.856. The monoisotopic (exact) mass is 400 g/mol. The molecule has 0 aliphatic heterocycles. The van der Waals surface area contributed by atoms with Gasteiger partial charge in [0.15, 0.2) is 5.13 Å². The van der Waals surface area contributed by atoms with E-state index in [4.69, 9.17) is 14.5 Å². The van der Waals surface area contributed by atoms with Crippen LogP contribution in [0.1, 0.15) is 15.9 Å². The second kappa shape index (κ2) is 8.58. The molecule has 1 amide bonds. The molecule has 0 spiro atoms. The number of hydrogen-bond donors (Lipinski definition) is 1. The molecule has 28 heavy (non-hydrogen) atoms. The van der Waals surface area contributed by atoms with Crippen LogP contribution in [0.5, 0.6) is 11.5 Å². The predicted octanol–water partition coefficient (Wildman–Crippen LogP) is 2.41. The summed E-state index contributed by atoms with van der Waals surface area (Å²) in [5.74, 6) is 1.34. The second-order valence-electron chi connectivity index (χ2n) is 6.93. The number of amides is 1. The van der Waals surface area contributed by atoms with Crippen LogP contribution >= 0.6 is 11.3 Å². The number of benzene rings is 2. The zero-order valence-corrected chi connectivity index (χ0v) is 17.7. The van der Waals surface area contributed by atoms with Crippen LogP contribution < -0.4 is 19.3 Å². The van der Waals surface area contributed by atoms with Gasteiger partial charge >= 0.3 is 0 Å². The van der Waals surface area contributed by atoms with Gasteiger partial charge in [0.2, 0.25) is 0 Å². The maximum atomic E-state index is 13.3. The minimum absolute atomic E-state index is 0.0538. The summed E-state index contributed by atoms with van der Waals surface area (Å²) < 4.78 is 11.8. The Labute approximate surface area is 169 Å². The van der Waals surface area contributed by atoms with Gasteiger partial charge in [0.25, 0.3) is 5.91 Å². The van der Waals surface area contributed by atoms with E-state index in [0.717, 1.165) is 22.6 Å². The van der Waals surface area contributed by atoms with Gasteiger partial charge in [-0.2, -0.15) is 0 Å². The first-order valence-corrected chi connectivity index (χ1v) is 9.95. The molecule has 3 aromatic rings. The maximum Gasteiger partial charge on any atom is 0.260 e. The van der Waals surface area contributed by atoms with Crippen LogP contribution in [0.3, 0.4) is 0 Å². The summed E-state index contributed by atoms with van der Waals surface area (Å²) in [6.07, 6.45) is 0. The summed E-state index contributed by atoms with van der Waals surface area (Å²) in [5.41, 5.74) is 2.42. The highest BCUT2D eigenvalue weighted by Crippen LogP contribution is 2.40. The van der Waals surface area contributed by atoms with Crippen molar-refractivity contribution in [2.45, 2.75) is 6.92 Å². The fourth-order valence-corrected chi connectivity index (χ4v) is 4.04. The van der Waals surface area contributed by atoms with Crippen LogP contribution in [0.15, 0.2) is 36.4 Å². The molecule has 0 aliphatic carbocycles. The van der Waals surface area contributed by atoms with Crippen molar-refractivity contribution in [3.05, 3.63) is 47.5 Å². The number of likely N-dealkylation sites (N-methyl/N-ethyl adjacent to an activating group) is 1. The van der Waals surface area contributed by atoms with Crippen molar-refractivity contribution in [1.29, 1.82) is 0 Å². The largest absolute Gasteiger partial charge is 0.495 e. The minimum atomic E-state index is -0.0538. The number of carbonyl (C=O) groups is 1. The van der Waals surface area contributed by atoms with Gasteiger partial charge in [-0.1, -0.05) is 29.0 Å². The van der Waals surface area contributed by atoms with Crippen LogP contribution in [0.4, 0.5) is 5.13 Å². The Morgan fingerprint density at radius 2 is 1.86 bits per heavy atom. The number of thiazole rings is 1. The summed E-state index contributed by atoms with van der Waals surface area (Å²) in [7, 11) is 7.39. The van der Waals surface area contributed by atoms with Crippen molar-refractivity contribution < 1.29 is 19.2 Å². The molecule has 0 fully saturated rings. The maximum absolute atomic E-state index is 13.3. The average Bonchev–Trinajstić information content (AvgIpc) is 3.12. The topological polar surface area (TPSA) is 56.1 Å². The zero-order valence-electron chi connectivity index (χ0n) is 16.9. The second-order valence-corrected chi connectivity index (χ2v) is 7.91. The Kier molecular flexibility index (Phi) is 6.16. The van der Waals surface area contributed by atoms with Crippen LogP contribution in [-0.2, 0) is 0 Å². The smallest absolute Gasteiger partial charge is 0.260 e. The Morgan fingerprint density at radius 3 is 2.50 bits per heavy atom. The summed E-state index contributed by atoms with van der Waals surface area (Å²) in [6.45, 7) is 3.36. The van der Waals surface area contributed by atoms with Crippen molar-refractivity contribution in [2.24, 2.45) is 0 Å². The number of anilines is 1. The lowest BCUT2D eigenvalue weighted by Gasteiger charge is -2.21. The normalized spacial score (nSPS) is 11.1. The van der Waals surface area contributed by atoms with Gasteiger partial charge in [-0.3, -0.25) is 9.69 Å². The van der Waals surface area contributed by atoms with Crippen molar-refractivity contribution in [2.75, 3.05) is 46.3 Å². The van der Waals surface area contributed by atoms with Crippen LogP contribution in [0.2, 0.25) is 0 Å². The third-order valence-corrected chi connectivity index (χ3v) is 5.57. The summed E-state index contributed by atoms with van der Waals surface area (Å²) in [6, 6.07) is 11.3. The molecule has 3 rings (SSSR count). The number of nitrogens with zero attached hydrogens (tertiary/aromatic N) is 2. The molecular formula is C21H26N3O3S+. The van der Waals surface area contributed by atoms with Crippen LogP contribution in [0, 0.1) is 6.92 Å². The van der Waals surface area contributed by atoms with Gasteiger partial charge in [0.1, 0.15) is 21.7 Å².